The number of hydrogen-bond acceptors (Lipinski definition) is 4. The van der Waals surface area contributed by atoms with Gasteiger partial charge in [0, 0.05) is 5.39 Å². The molecule has 2 heterocycles. The van der Waals surface area contributed by atoms with Gasteiger partial charge in [0.1, 0.15) is 5.75 Å². The fourth-order valence-corrected chi connectivity index (χ4v) is 1.88. The van der Waals surface area contributed by atoms with Gasteiger partial charge in [0.15, 0.2) is 0 Å². The smallest absolute Gasteiger partial charge is 0.133 e. The summed E-state index contributed by atoms with van der Waals surface area (Å²) in [6, 6.07) is 13.5. The molecular weight excluding hydrogens is 238 g/mol. The van der Waals surface area contributed by atoms with Gasteiger partial charge in [0.05, 0.1) is 35.8 Å². The van der Waals surface area contributed by atoms with E-state index in [1.165, 1.54) is 6.20 Å². The van der Waals surface area contributed by atoms with Crippen molar-refractivity contribution in [2.75, 3.05) is 5.32 Å². The molecule has 2 N–H and O–H groups in total. The molecule has 0 spiro atoms. The van der Waals surface area contributed by atoms with Crippen molar-refractivity contribution in [3.05, 3.63) is 60.6 Å². The first kappa shape index (κ1) is 11.5. The molecule has 0 aliphatic carbocycles. The van der Waals surface area contributed by atoms with Crippen molar-refractivity contribution in [1.82, 2.24) is 9.97 Å². The Morgan fingerprint density at radius 3 is 2.74 bits per heavy atom. The Morgan fingerprint density at radius 1 is 1.00 bits per heavy atom. The summed E-state index contributed by atoms with van der Waals surface area (Å²) in [6.07, 6.45) is 3.25. The van der Waals surface area contributed by atoms with E-state index in [9.17, 15) is 0 Å². The largest absolute Gasteiger partial charge is 0.506 e. The quantitative estimate of drug-likeness (QED) is 0.751. The van der Waals surface area contributed by atoms with Crippen molar-refractivity contribution in [2.45, 2.75) is 6.54 Å². The van der Waals surface area contributed by atoms with Gasteiger partial charge in [0.2, 0.25) is 0 Å². The number of anilines is 1. The maximum atomic E-state index is 9.17. The highest BCUT2D eigenvalue weighted by Crippen LogP contribution is 2.16. The summed E-state index contributed by atoms with van der Waals surface area (Å²) < 4.78 is 0. The molecule has 19 heavy (non-hydrogen) atoms. The first-order chi connectivity index (χ1) is 9.31. The lowest BCUT2D eigenvalue weighted by Gasteiger charge is -2.06. The predicted octanol–water partition coefficient (Wildman–Crippen LogP) is 2.95. The van der Waals surface area contributed by atoms with Crippen molar-refractivity contribution in [1.29, 1.82) is 0 Å². The second kappa shape index (κ2) is 4.94. The van der Waals surface area contributed by atoms with Crippen LogP contribution in [0.4, 0.5) is 5.69 Å². The van der Waals surface area contributed by atoms with Crippen molar-refractivity contribution in [3.8, 4) is 5.75 Å². The number of hydrogen-bond donors (Lipinski definition) is 2. The van der Waals surface area contributed by atoms with E-state index in [0.717, 1.165) is 22.3 Å². The zero-order valence-electron chi connectivity index (χ0n) is 10.2. The minimum absolute atomic E-state index is 0.177. The maximum Gasteiger partial charge on any atom is 0.133 e. The lowest BCUT2D eigenvalue weighted by Crippen LogP contribution is -2.01. The summed E-state index contributed by atoms with van der Waals surface area (Å²) in [6.45, 7) is 0.598. The van der Waals surface area contributed by atoms with Crippen LogP contribution >= 0.6 is 0 Å². The van der Waals surface area contributed by atoms with Crippen LogP contribution in [0.5, 0.6) is 5.75 Å². The highest BCUT2D eigenvalue weighted by Gasteiger charge is 1.98. The summed E-state index contributed by atoms with van der Waals surface area (Å²) in [5, 5.41) is 13.5. The van der Waals surface area contributed by atoms with E-state index in [-0.39, 0.29) is 5.75 Å². The number of nitrogens with one attached hydrogen (secondary N) is 1. The molecule has 4 heteroatoms. The van der Waals surface area contributed by atoms with E-state index in [0.29, 0.717) is 6.54 Å². The summed E-state index contributed by atoms with van der Waals surface area (Å²) in [5.41, 5.74) is 2.80. The molecule has 0 aliphatic heterocycles. The van der Waals surface area contributed by atoms with Crippen LogP contribution in [-0.2, 0) is 6.54 Å². The fourth-order valence-electron chi connectivity index (χ4n) is 1.88. The monoisotopic (exact) mass is 251 g/mol. The van der Waals surface area contributed by atoms with Crippen LogP contribution < -0.4 is 5.32 Å². The minimum Gasteiger partial charge on any atom is -0.506 e. The van der Waals surface area contributed by atoms with Gasteiger partial charge in [-0.15, -0.1) is 0 Å². The summed E-state index contributed by atoms with van der Waals surface area (Å²) >= 11 is 0. The Morgan fingerprint density at radius 2 is 1.89 bits per heavy atom. The molecule has 0 saturated heterocycles. The van der Waals surface area contributed by atoms with E-state index in [4.69, 9.17) is 5.11 Å². The molecule has 0 saturated carbocycles. The second-order valence-electron chi connectivity index (χ2n) is 4.28. The van der Waals surface area contributed by atoms with Crippen LogP contribution in [0.3, 0.4) is 0 Å². The molecular formula is C15H13N3O. The third-order valence-corrected chi connectivity index (χ3v) is 2.87. The molecule has 0 amide bonds. The first-order valence-electron chi connectivity index (χ1n) is 6.04. The van der Waals surface area contributed by atoms with Crippen LogP contribution in [0, 0.1) is 0 Å². The molecule has 0 radical (unpaired) electrons. The second-order valence-corrected chi connectivity index (χ2v) is 4.28. The van der Waals surface area contributed by atoms with E-state index >= 15 is 0 Å². The van der Waals surface area contributed by atoms with Crippen molar-refractivity contribution >= 4 is 16.6 Å². The standard InChI is InChI=1S/C15H13N3O/c19-14-6-5-12(17-10-14)8-16-13-7-11-3-1-2-4-15(11)18-9-13/h1-7,9-10,16,19H,8H2. The Balaban J connectivity index is 1.76. The van der Waals surface area contributed by atoms with Gasteiger partial charge in [-0.1, -0.05) is 18.2 Å². The van der Waals surface area contributed by atoms with Gasteiger partial charge in [-0.2, -0.15) is 0 Å². The zero-order chi connectivity index (χ0) is 13.1. The van der Waals surface area contributed by atoms with Crippen molar-refractivity contribution < 1.29 is 5.11 Å². The van der Waals surface area contributed by atoms with Gasteiger partial charge in [-0.3, -0.25) is 9.97 Å². The molecule has 0 atom stereocenters. The average molecular weight is 251 g/mol. The molecule has 3 rings (SSSR count). The first-order valence-corrected chi connectivity index (χ1v) is 6.04. The zero-order valence-corrected chi connectivity index (χ0v) is 10.2. The molecule has 0 fully saturated rings. The molecule has 4 nitrogen and oxygen atoms in total. The van der Waals surface area contributed by atoms with Crippen LogP contribution in [0.15, 0.2) is 54.9 Å². The van der Waals surface area contributed by atoms with Crippen molar-refractivity contribution in [3.63, 3.8) is 0 Å². The Labute approximate surface area is 110 Å². The number of pyridine rings is 2. The predicted molar refractivity (Wildman–Crippen MR) is 75.0 cm³/mol. The van der Waals surface area contributed by atoms with E-state index in [1.807, 2.05) is 30.5 Å². The number of fused-ring (bicyclic) bond motifs is 1. The topological polar surface area (TPSA) is 58.0 Å². The molecule has 0 aliphatic rings. The Bertz CT molecular complexity index is 695. The lowest BCUT2D eigenvalue weighted by molar-refractivity contribution is 0.472. The SMILES string of the molecule is Oc1ccc(CNc2cnc3ccccc3c2)nc1. The molecule has 0 bridgehead atoms. The summed E-state index contributed by atoms with van der Waals surface area (Å²) in [5.74, 6) is 0.177. The number of aromatic hydroxyl groups is 1. The third kappa shape index (κ3) is 2.63. The minimum atomic E-state index is 0.177. The number of aromatic nitrogens is 2. The third-order valence-electron chi connectivity index (χ3n) is 2.87. The van der Waals surface area contributed by atoms with Gasteiger partial charge >= 0.3 is 0 Å². The van der Waals surface area contributed by atoms with Gasteiger partial charge < -0.3 is 10.4 Å². The molecule has 3 aromatic rings. The molecule has 2 aromatic heterocycles. The maximum absolute atomic E-state index is 9.17. The Kier molecular flexibility index (Phi) is 2.98. The van der Waals surface area contributed by atoms with Gasteiger partial charge in [0.25, 0.3) is 0 Å². The average Bonchev–Trinajstić information content (AvgIpc) is 2.46. The van der Waals surface area contributed by atoms with Crippen molar-refractivity contribution in [2.24, 2.45) is 0 Å². The fraction of sp³-hybridized carbons (Fsp3) is 0.0667. The number of rotatable bonds is 3. The summed E-state index contributed by atoms with van der Waals surface area (Å²) in [7, 11) is 0. The molecule has 1 aromatic carbocycles. The van der Waals surface area contributed by atoms with E-state index in [2.05, 4.69) is 21.4 Å². The number of para-hydroxylation sites is 1. The normalized spacial score (nSPS) is 10.5. The van der Waals surface area contributed by atoms with E-state index < -0.39 is 0 Å². The van der Waals surface area contributed by atoms with Gasteiger partial charge in [-0.05, 0) is 24.3 Å². The highest BCUT2D eigenvalue weighted by molar-refractivity contribution is 5.81. The molecule has 94 valence electrons. The van der Waals surface area contributed by atoms with Crippen LogP contribution in [0.25, 0.3) is 10.9 Å². The van der Waals surface area contributed by atoms with Crippen LogP contribution in [0.1, 0.15) is 5.69 Å². The highest BCUT2D eigenvalue weighted by atomic mass is 16.3. The molecule has 0 unspecified atom stereocenters. The summed E-state index contributed by atoms with van der Waals surface area (Å²) in [4.78, 5) is 8.51. The van der Waals surface area contributed by atoms with Gasteiger partial charge in [-0.25, -0.2) is 0 Å². The lowest BCUT2D eigenvalue weighted by atomic mass is 10.2. The van der Waals surface area contributed by atoms with Crippen LogP contribution in [-0.4, -0.2) is 15.1 Å². The Hall–Kier alpha value is -2.62. The van der Waals surface area contributed by atoms with Crippen LogP contribution in [0.2, 0.25) is 0 Å². The number of benzene rings is 1. The van der Waals surface area contributed by atoms with E-state index in [1.54, 1.807) is 12.1 Å². The number of nitrogens with zero attached hydrogens (tertiary/aromatic N) is 2.